The standard InChI is InChI=1S/C15H20N6O6S/c1-4-27-15-17-9(3)21(16)13(19-15)18-14(24)20-28(25,26)11-8(2)6-5-7-10(11)12(22)23/h5-7,13H,4,16H2,1-3H3,(H,22,23)(H2,18,20,24). The van der Waals surface area contributed by atoms with Crippen molar-refractivity contribution in [2.45, 2.75) is 32.0 Å². The summed E-state index contributed by atoms with van der Waals surface area (Å²) in [5.74, 6) is 4.60. The lowest BCUT2D eigenvalue weighted by atomic mass is 10.1. The fraction of sp³-hybridized carbons (Fsp3) is 0.333. The molecular weight excluding hydrogens is 392 g/mol. The summed E-state index contributed by atoms with van der Waals surface area (Å²) in [6.45, 7) is 4.95. The first kappa shape index (κ1) is 21.1. The summed E-state index contributed by atoms with van der Waals surface area (Å²) in [6, 6.07) is 2.76. The van der Waals surface area contributed by atoms with Gasteiger partial charge >= 0.3 is 18.0 Å². The van der Waals surface area contributed by atoms with Crippen molar-refractivity contribution in [3.63, 3.8) is 0 Å². The molecule has 28 heavy (non-hydrogen) atoms. The second kappa shape index (κ2) is 8.22. The van der Waals surface area contributed by atoms with E-state index in [0.29, 0.717) is 0 Å². The number of aliphatic imine (C=N–C) groups is 2. The number of nitrogens with two attached hydrogens (primary N) is 1. The number of hydrazine groups is 1. The maximum absolute atomic E-state index is 12.6. The van der Waals surface area contributed by atoms with Crippen LogP contribution in [-0.4, -0.2) is 55.3 Å². The molecule has 13 heteroatoms. The summed E-state index contributed by atoms with van der Waals surface area (Å²) in [7, 11) is -4.48. The van der Waals surface area contributed by atoms with Crippen molar-refractivity contribution in [3.05, 3.63) is 29.3 Å². The van der Waals surface area contributed by atoms with Crippen LogP contribution in [0.2, 0.25) is 0 Å². The smallest absolute Gasteiger partial charge is 0.337 e. The zero-order valence-electron chi connectivity index (χ0n) is 15.3. The van der Waals surface area contributed by atoms with E-state index in [9.17, 15) is 23.1 Å². The molecule has 0 aliphatic carbocycles. The Balaban J connectivity index is 2.24. The van der Waals surface area contributed by atoms with Crippen LogP contribution < -0.4 is 15.9 Å². The number of carbonyl (C=O) groups excluding carboxylic acids is 1. The van der Waals surface area contributed by atoms with Gasteiger partial charge in [-0.3, -0.25) is 10.3 Å². The summed E-state index contributed by atoms with van der Waals surface area (Å²) in [5, 5.41) is 12.5. The molecule has 2 amide bonds. The van der Waals surface area contributed by atoms with E-state index in [1.807, 2.05) is 0 Å². The van der Waals surface area contributed by atoms with E-state index in [2.05, 4.69) is 15.3 Å². The number of amidine groups is 2. The van der Waals surface area contributed by atoms with E-state index >= 15 is 0 Å². The number of nitrogens with zero attached hydrogens (tertiary/aromatic N) is 3. The van der Waals surface area contributed by atoms with Crippen LogP contribution in [0.1, 0.15) is 29.8 Å². The molecule has 0 aromatic heterocycles. The van der Waals surface area contributed by atoms with Gasteiger partial charge in [-0.05, 0) is 32.4 Å². The molecule has 0 spiro atoms. The van der Waals surface area contributed by atoms with Gasteiger partial charge in [0.25, 0.3) is 10.0 Å². The van der Waals surface area contributed by atoms with Crippen molar-refractivity contribution in [2.75, 3.05) is 6.61 Å². The number of ether oxygens (including phenoxy) is 1. The third-order valence-electron chi connectivity index (χ3n) is 3.60. The Labute approximate surface area is 161 Å². The van der Waals surface area contributed by atoms with Gasteiger partial charge in [-0.1, -0.05) is 12.1 Å². The van der Waals surface area contributed by atoms with E-state index in [4.69, 9.17) is 10.6 Å². The van der Waals surface area contributed by atoms with Gasteiger partial charge < -0.3 is 9.84 Å². The summed E-state index contributed by atoms with van der Waals surface area (Å²) in [4.78, 5) is 31.0. The topological polar surface area (TPSA) is 176 Å². The predicted octanol–water partition coefficient (Wildman–Crippen LogP) is -0.0351. The maximum Gasteiger partial charge on any atom is 0.337 e. The van der Waals surface area contributed by atoms with Crippen LogP contribution in [0.3, 0.4) is 0 Å². The molecule has 1 aliphatic heterocycles. The Morgan fingerprint density at radius 1 is 1.36 bits per heavy atom. The van der Waals surface area contributed by atoms with E-state index < -0.39 is 38.8 Å². The molecule has 152 valence electrons. The van der Waals surface area contributed by atoms with E-state index in [1.54, 1.807) is 18.6 Å². The van der Waals surface area contributed by atoms with Gasteiger partial charge in [0.15, 0.2) is 0 Å². The molecule has 0 bridgehead atoms. The monoisotopic (exact) mass is 412 g/mol. The number of aryl methyl sites for hydroxylation is 1. The Bertz CT molecular complexity index is 958. The van der Waals surface area contributed by atoms with Gasteiger partial charge in [-0.15, -0.1) is 0 Å². The van der Waals surface area contributed by atoms with Crippen LogP contribution in [0.15, 0.2) is 33.1 Å². The van der Waals surface area contributed by atoms with Crippen LogP contribution in [0.5, 0.6) is 0 Å². The van der Waals surface area contributed by atoms with Crippen molar-refractivity contribution < 1.29 is 27.9 Å². The van der Waals surface area contributed by atoms with E-state index in [0.717, 1.165) is 11.1 Å². The molecule has 1 aromatic rings. The normalized spacial score (nSPS) is 16.7. The zero-order chi connectivity index (χ0) is 21.1. The lowest BCUT2D eigenvalue weighted by molar-refractivity contribution is 0.0692. The maximum atomic E-state index is 12.6. The number of rotatable bonds is 5. The number of hydrogen-bond acceptors (Lipinski definition) is 9. The van der Waals surface area contributed by atoms with Crippen molar-refractivity contribution in [3.8, 4) is 0 Å². The van der Waals surface area contributed by atoms with Crippen LogP contribution in [-0.2, 0) is 14.8 Å². The van der Waals surface area contributed by atoms with Gasteiger partial charge in [-0.25, -0.2) is 28.6 Å². The molecule has 12 nitrogen and oxygen atoms in total. The highest BCUT2D eigenvalue weighted by atomic mass is 32.2. The first-order chi connectivity index (χ1) is 13.1. The number of carbonyl (C=O) groups is 2. The highest BCUT2D eigenvalue weighted by molar-refractivity contribution is 7.90. The highest BCUT2D eigenvalue weighted by Gasteiger charge is 2.29. The minimum Gasteiger partial charge on any atom is -0.478 e. The number of carboxylic acid groups (broad SMARTS) is 1. The summed E-state index contributed by atoms with van der Waals surface area (Å²) >= 11 is 0. The van der Waals surface area contributed by atoms with Crippen LogP contribution in [0, 0.1) is 6.92 Å². The van der Waals surface area contributed by atoms with E-state index in [1.165, 1.54) is 19.1 Å². The fourth-order valence-corrected chi connectivity index (χ4v) is 3.71. The number of aromatic carboxylic acids is 1. The Morgan fingerprint density at radius 2 is 2.04 bits per heavy atom. The van der Waals surface area contributed by atoms with Gasteiger partial charge in [0.2, 0.25) is 6.29 Å². The summed E-state index contributed by atoms with van der Waals surface area (Å²) in [6.07, 6.45) is -1.18. The third-order valence-corrected chi connectivity index (χ3v) is 5.13. The van der Waals surface area contributed by atoms with Gasteiger partial charge in [0.1, 0.15) is 10.7 Å². The molecule has 5 N–H and O–H groups in total. The number of sulfonamides is 1. The lowest BCUT2D eigenvalue weighted by Gasteiger charge is -2.29. The fourth-order valence-electron chi connectivity index (χ4n) is 2.37. The lowest BCUT2D eigenvalue weighted by Crippen LogP contribution is -2.57. The first-order valence-corrected chi connectivity index (χ1v) is 9.51. The molecule has 0 fully saturated rings. The molecule has 1 unspecified atom stereocenters. The number of amides is 2. The SMILES string of the molecule is CCOC1=NC(NC(=O)NS(=O)(=O)c2c(C)cccc2C(=O)O)N(N)C(C)=N1. The van der Waals surface area contributed by atoms with Gasteiger partial charge in [0.05, 0.1) is 12.2 Å². The van der Waals surface area contributed by atoms with Crippen molar-refractivity contribution >= 4 is 33.9 Å². The largest absolute Gasteiger partial charge is 0.478 e. The summed E-state index contributed by atoms with van der Waals surface area (Å²) < 4.78 is 32.1. The second-order valence-corrected chi connectivity index (χ2v) is 7.24. The third kappa shape index (κ3) is 4.55. The molecule has 0 saturated carbocycles. The summed E-state index contributed by atoms with van der Waals surface area (Å²) in [5.41, 5.74) is -0.295. The first-order valence-electron chi connectivity index (χ1n) is 8.03. The van der Waals surface area contributed by atoms with Gasteiger partial charge in [0, 0.05) is 0 Å². The quantitative estimate of drug-likeness (QED) is 0.487. The molecule has 1 atom stereocenters. The van der Waals surface area contributed by atoms with Crippen molar-refractivity contribution in [2.24, 2.45) is 15.8 Å². The number of hydrogen-bond donors (Lipinski definition) is 4. The van der Waals surface area contributed by atoms with Crippen molar-refractivity contribution in [1.82, 2.24) is 15.0 Å². The number of nitrogens with one attached hydrogen (secondary N) is 2. The predicted molar refractivity (Wildman–Crippen MR) is 99.0 cm³/mol. The van der Waals surface area contributed by atoms with Crippen LogP contribution in [0.4, 0.5) is 4.79 Å². The Hall–Kier alpha value is -3.19. The highest BCUT2D eigenvalue weighted by Crippen LogP contribution is 2.20. The number of benzene rings is 1. The minimum absolute atomic E-state index is 0.0260. The molecule has 0 radical (unpaired) electrons. The average molecular weight is 412 g/mol. The van der Waals surface area contributed by atoms with Crippen LogP contribution >= 0.6 is 0 Å². The van der Waals surface area contributed by atoms with Crippen LogP contribution in [0.25, 0.3) is 0 Å². The number of urea groups is 1. The van der Waals surface area contributed by atoms with E-state index in [-0.39, 0.29) is 24.0 Å². The number of carboxylic acids is 1. The molecule has 1 aliphatic rings. The minimum atomic E-state index is -4.48. The van der Waals surface area contributed by atoms with Crippen molar-refractivity contribution in [1.29, 1.82) is 0 Å². The molecule has 0 saturated heterocycles. The second-order valence-electron chi connectivity index (χ2n) is 5.62. The molecular formula is C15H20N6O6S. The zero-order valence-corrected chi connectivity index (χ0v) is 16.1. The molecule has 2 rings (SSSR count). The molecule has 1 aromatic carbocycles. The Kier molecular flexibility index (Phi) is 6.20. The molecule has 1 heterocycles. The van der Waals surface area contributed by atoms with Gasteiger partial charge in [-0.2, -0.15) is 9.98 Å². The Morgan fingerprint density at radius 3 is 2.64 bits per heavy atom. The average Bonchev–Trinajstić information content (AvgIpc) is 2.58.